The predicted molar refractivity (Wildman–Crippen MR) is 116 cm³/mol. The van der Waals surface area contributed by atoms with E-state index in [2.05, 4.69) is 29.0 Å². The summed E-state index contributed by atoms with van der Waals surface area (Å²) in [5.74, 6) is 8.47. The highest BCUT2D eigenvalue weighted by molar-refractivity contribution is 5.97. The van der Waals surface area contributed by atoms with E-state index < -0.39 is 35.6 Å². The number of halogens is 2. The lowest BCUT2D eigenvalue weighted by molar-refractivity contribution is -0.137. The zero-order chi connectivity index (χ0) is 24.6. The van der Waals surface area contributed by atoms with E-state index in [1.54, 1.807) is 24.3 Å². The molecule has 0 unspecified atom stereocenters. The van der Waals surface area contributed by atoms with E-state index in [0.29, 0.717) is 16.7 Å². The van der Waals surface area contributed by atoms with Crippen molar-refractivity contribution in [2.24, 2.45) is 11.1 Å². The number of hydrogen-bond acceptors (Lipinski definition) is 4. The smallest absolute Gasteiger partial charge is 0.266 e. The molecule has 170 valence electrons. The van der Waals surface area contributed by atoms with Crippen LogP contribution in [-0.4, -0.2) is 35.4 Å². The molecule has 0 saturated carbocycles. The van der Waals surface area contributed by atoms with E-state index in [-0.39, 0.29) is 5.56 Å². The number of rotatable bonds is 6. The fourth-order valence-electron chi connectivity index (χ4n) is 2.62. The van der Waals surface area contributed by atoms with Gasteiger partial charge in [-0.05, 0) is 60.4 Å². The van der Waals surface area contributed by atoms with Crippen LogP contribution in [0.1, 0.15) is 45.7 Å². The molecule has 0 saturated heterocycles. The molecule has 3 amide bonds. The Hall–Kier alpha value is -4.21. The van der Waals surface area contributed by atoms with Crippen LogP contribution in [0.4, 0.5) is 8.78 Å². The minimum atomic E-state index is -2.93. The molecule has 0 heterocycles. The second-order valence-electron chi connectivity index (χ2n) is 7.52. The summed E-state index contributed by atoms with van der Waals surface area (Å²) in [4.78, 5) is 35.3. The molecule has 0 fully saturated rings. The van der Waals surface area contributed by atoms with Crippen molar-refractivity contribution in [3.8, 4) is 23.7 Å². The van der Waals surface area contributed by atoms with Crippen LogP contribution in [0.5, 0.6) is 0 Å². The Bertz CT molecular complexity index is 1150. The van der Waals surface area contributed by atoms with Gasteiger partial charge in [-0.2, -0.15) is 0 Å². The summed E-state index contributed by atoms with van der Waals surface area (Å²) in [5, 5.41) is 11.1. The van der Waals surface area contributed by atoms with Crippen molar-refractivity contribution in [1.82, 2.24) is 10.8 Å². The van der Waals surface area contributed by atoms with Gasteiger partial charge in [-0.15, -0.1) is 0 Å². The van der Waals surface area contributed by atoms with Crippen molar-refractivity contribution in [2.75, 3.05) is 0 Å². The van der Waals surface area contributed by atoms with Crippen LogP contribution in [0.25, 0.3) is 0 Å². The standard InChI is InChI=1S/C24H21F2N3O4/c1-24(2,23(25)26)19(22(32)29-33)28-21(31)18-13-9-16(10-14-18)6-4-3-5-15-7-11-17(12-8-15)20(27)30/h7-14,19,23,33H,1-2H3,(H2,27,30)(H,28,31)(H,29,32)/t19-/m1/s1. The molecule has 0 aliphatic carbocycles. The van der Waals surface area contributed by atoms with E-state index in [9.17, 15) is 23.2 Å². The first kappa shape index (κ1) is 25.1. The Morgan fingerprint density at radius 2 is 1.36 bits per heavy atom. The molecule has 9 heteroatoms. The Morgan fingerprint density at radius 1 is 0.909 bits per heavy atom. The lowest BCUT2D eigenvalue weighted by Gasteiger charge is -2.32. The summed E-state index contributed by atoms with van der Waals surface area (Å²) in [6, 6.07) is 10.6. The fourth-order valence-corrected chi connectivity index (χ4v) is 2.62. The van der Waals surface area contributed by atoms with Crippen molar-refractivity contribution in [3.63, 3.8) is 0 Å². The highest BCUT2D eigenvalue weighted by Crippen LogP contribution is 2.29. The van der Waals surface area contributed by atoms with Crippen LogP contribution >= 0.6 is 0 Å². The predicted octanol–water partition coefficient (Wildman–Crippen LogP) is 2.08. The lowest BCUT2D eigenvalue weighted by atomic mass is 9.84. The monoisotopic (exact) mass is 453 g/mol. The number of hydrogen-bond donors (Lipinski definition) is 4. The number of hydroxylamine groups is 1. The van der Waals surface area contributed by atoms with E-state index in [1.807, 2.05) is 0 Å². The van der Waals surface area contributed by atoms with Gasteiger partial charge in [-0.25, -0.2) is 14.3 Å². The van der Waals surface area contributed by atoms with Crippen LogP contribution in [0, 0.1) is 29.1 Å². The maximum Gasteiger partial charge on any atom is 0.266 e. The van der Waals surface area contributed by atoms with E-state index in [0.717, 1.165) is 13.8 Å². The Balaban J connectivity index is 2.09. The number of amides is 3. The summed E-state index contributed by atoms with van der Waals surface area (Å²) in [5.41, 5.74) is 6.23. The van der Waals surface area contributed by atoms with E-state index >= 15 is 0 Å². The number of carbonyl (C=O) groups excluding carboxylic acids is 3. The topological polar surface area (TPSA) is 122 Å². The van der Waals surface area contributed by atoms with Crippen molar-refractivity contribution >= 4 is 17.7 Å². The largest absolute Gasteiger partial charge is 0.366 e. The van der Waals surface area contributed by atoms with Crippen LogP contribution < -0.4 is 16.5 Å². The molecule has 0 aliphatic rings. The fraction of sp³-hybridized carbons (Fsp3) is 0.208. The molecule has 33 heavy (non-hydrogen) atoms. The molecule has 0 aromatic heterocycles. The molecule has 2 aromatic rings. The SMILES string of the molecule is CC(C)(C(F)F)[C@H](NC(=O)c1ccc(C#CC#Cc2ccc(C(N)=O)cc2)cc1)C(=O)NO. The highest BCUT2D eigenvalue weighted by Gasteiger charge is 2.43. The number of primary amides is 1. The van der Waals surface area contributed by atoms with Gasteiger partial charge in [0.15, 0.2) is 0 Å². The summed E-state index contributed by atoms with van der Waals surface area (Å²) in [6.07, 6.45) is -2.93. The van der Waals surface area contributed by atoms with E-state index in [1.165, 1.54) is 29.7 Å². The van der Waals surface area contributed by atoms with Gasteiger partial charge in [0.1, 0.15) is 6.04 Å². The van der Waals surface area contributed by atoms with E-state index in [4.69, 9.17) is 10.9 Å². The van der Waals surface area contributed by atoms with Crippen molar-refractivity contribution < 1.29 is 28.4 Å². The molecule has 2 rings (SSSR count). The first-order valence-corrected chi connectivity index (χ1v) is 9.61. The van der Waals surface area contributed by atoms with Crippen LogP contribution in [0.2, 0.25) is 0 Å². The Kier molecular flexibility index (Phi) is 8.27. The van der Waals surface area contributed by atoms with Gasteiger partial charge in [0.05, 0.1) is 5.41 Å². The second kappa shape index (κ2) is 10.9. The van der Waals surface area contributed by atoms with Gasteiger partial charge in [-0.1, -0.05) is 25.7 Å². The Morgan fingerprint density at radius 3 is 1.76 bits per heavy atom. The first-order valence-electron chi connectivity index (χ1n) is 9.61. The van der Waals surface area contributed by atoms with Crippen molar-refractivity contribution in [2.45, 2.75) is 26.3 Å². The summed E-state index contributed by atoms with van der Waals surface area (Å²) >= 11 is 0. The van der Waals surface area contributed by atoms with Gasteiger partial charge < -0.3 is 11.1 Å². The van der Waals surface area contributed by atoms with Crippen LogP contribution in [-0.2, 0) is 4.79 Å². The molecule has 0 spiro atoms. The van der Waals surface area contributed by atoms with Gasteiger partial charge in [0.2, 0.25) is 12.3 Å². The minimum absolute atomic E-state index is 0.113. The highest BCUT2D eigenvalue weighted by atomic mass is 19.3. The summed E-state index contributed by atoms with van der Waals surface area (Å²) in [6.45, 7) is 2.20. The number of benzene rings is 2. The number of alkyl halides is 2. The molecule has 7 nitrogen and oxygen atoms in total. The average molecular weight is 453 g/mol. The molecule has 0 bridgehead atoms. The zero-order valence-electron chi connectivity index (χ0n) is 17.8. The maximum atomic E-state index is 13.3. The zero-order valence-corrected chi connectivity index (χ0v) is 17.8. The quantitative estimate of drug-likeness (QED) is 0.304. The third-order valence-corrected chi connectivity index (χ3v) is 4.75. The van der Waals surface area contributed by atoms with Gasteiger partial charge in [-0.3, -0.25) is 19.6 Å². The molecule has 0 aliphatic heterocycles. The minimum Gasteiger partial charge on any atom is -0.366 e. The second-order valence-corrected chi connectivity index (χ2v) is 7.52. The van der Waals surface area contributed by atoms with Crippen molar-refractivity contribution in [3.05, 3.63) is 70.8 Å². The number of nitrogens with one attached hydrogen (secondary N) is 2. The third kappa shape index (κ3) is 6.63. The molecule has 2 aromatic carbocycles. The van der Waals surface area contributed by atoms with Gasteiger partial charge >= 0.3 is 0 Å². The van der Waals surface area contributed by atoms with Gasteiger partial charge in [0.25, 0.3) is 11.8 Å². The third-order valence-electron chi connectivity index (χ3n) is 4.75. The lowest BCUT2D eigenvalue weighted by Crippen LogP contribution is -2.56. The number of carbonyl (C=O) groups is 3. The maximum absolute atomic E-state index is 13.3. The molecule has 1 atom stereocenters. The summed E-state index contributed by atoms with van der Waals surface area (Å²) in [7, 11) is 0. The molecular formula is C24H21F2N3O4. The van der Waals surface area contributed by atoms with Gasteiger partial charge in [0, 0.05) is 22.3 Å². The molecular weight excluding hydrogens is 432 g/mol. The number of nitrogens with two attached hydrogens (primary N) is 1. The average Bonchev–Trinajstić information content (AvgIpc) is 2.80. The first-order chi connectivity index (χ1) is 15.6. The molecule has 5 N–H and O–H groups in total. The van der Waals surface area contributed by atoms with Crippen LogP contribution in [0.15, 0.2) is 48.5 Å². The molecule has 0 radical (unpaired) electrons. The normalized spacial score (nSPS) is 11.3. The van der Waals surface area contributed by atoms with Crippen molar-refractivity contribution in [1.29, 1.82) is 0 Å². The Labute approximate surface area is 189 Å². The summed E-state index contributed by atoms with van der Waals surface area (Å²) < 4.78 is 26.6. The van der Waals surface area contributed by atoms with Crippen LogP contribution in [0.3, 0.4) is 0 Å².